The van der Waals surface area contributed by atoms with Crippen LogP contribution in [0.25, 0.3) is 0 Å². The monoisotopic (exact) mass is 333 g/mol. The van der Waals surface area contributed by atoms with Gasteiger partial charge >= 0.3 is 0 Å². The van der Waals surface area contributed by atoms with Gasteiger partial charge in [0.2, 0.25) is 0 Å². The van der Waals surface area contributed by atoms with Gasteiger partial charge in [0.1, 0.15) is 5.75 Å². The van der Waals surface area contributed by atoms with Gasteiger partial charge in [-0.3, -0.25) is 0 Å². The van der Waals surface area contributed by atoms with Crippen molar-refractivity contribution in [1.82, 2.24) is 5.32 Å². The van der Waals surface area contributed by atoms with Crippen molar-refractivity contribution in [2.45, 2.75) is 31.4 Å². The van der Waals surface area contributed by atoms with Gasteiger partial charge in [0, 0.05) is 12.6 Å². The molecule has 2 unspecified atom stereocenters. The highest BCUT2D eigenvalue weighted by Crippen LogP contribution is 2.25. The van der Waals surface area contributed by atoms with Gasteiger partial charge in [-0.15, -0.1) is 12.4 Å². The summed E-state index contributed by atoms with van der Waals surface area (Å²) in [4.78, 5) is 0. The molecule has 2 aromatic rings. The second-order valence-corrected chi connectivity index (χ2v) is 5.91. The van der Waals surface area contributed by atoms with Crippen molar-refractivity contribution in [2.24, 2.45) is 0 Å². The molecule has 0 heterocycles. The number of hydrogen-bond donors (Lipinski definition) is 2. The molecule has 0 amide bonds. The average molecular weight is 334 g/mol. The lowest BCUT2D eigenvalue weighted by Crippen LogP contribution is -2.37. The van der Waals surface area contributed by atoms with Crippen LogP contribution in [0.1, 0.15) is 29.2 Å². The standard InChI is InChI=1S/C19H23NO2.ClH/c1-22-18-10-8-14-7-9-17(11-16(14)12-18)20-13-19(21)15-5-3-2-4-6-15;/h2-6,8,10,12,17,19-21H,7,9,11,13H2,1H3;1H. The smallest absolute Gasteiger partial charge is 0.119 e. The van der Waals surface area contributed by atoms with Crippen LogP contribution in [0.3, 0.4) is 0 Å². The lowest BCUT2D eigenvalue weighted by molar-refractivity contribution is 0.168. The zero-order valence-electron chi connectivity index (χ0n) is 13.4. The van der Waals surface area contributed by atoms with Crippen molar-refractivity contribution in [1.29, 1.82) is 0 Å². The van der Waals surface area contributed by atoms with Crippen molar-refractivity contribution in [3.05, 3.63) is 65.2 Å². The molecular weight excluding hydrogens is 310 g/mol. The second kappa shape index (κ2) is 8.34. The zero-order valence-corrected chi connectivity index (χ0v) is 14.2. The fraction of sp³-hybridized carbons (Fsp3) is 0.368. The van der Waals surface area contributed by atoms with E-state index < -0.39 is 6.10 Å². The third-order valence-corrected chi connectivity index (χ3v) is 4.43. The van der Waals surface area contributed by atoms with Crippen LogP contribution in [0.15, 0.2) is 48.5 Å². The molecule has 0 fully saturated rings. The fourth-order valence-corrected chi connectivity index (χ4v) is 3.11. The van der Waals surface area contributed by atoms with Gasteiger partial charge < -0.3 is 15.2 Å². The predicted molar refractivity (Wildman–Crippen MR) is 95.5 cm³/mol. The SMILES string of the molecule is COc1ccc2c(c1)CC(NCC(O)c1ccccc1)CC2.Cl. The van der Waals surface area contributed by atoms with Gasteiger partial charge in [0.25, 0.3) is 0 Å². The summed E-state index contributed by atoms with van der Waals surface area (Å²) in [6.45, 7) is 0.591. The molecule has 3 rings (SSSR count). The molecule has 3 nitrogen and oxygen atoms in total. The van der Waals surface area contributed by atoms with Crippen LogP contribution in [0.5, 0.6) is 5.75 Å². The molecule has 2 N–H and O–H groups in total. The predicted octanol–water partition coefficient (Wildman–Crippen LogP) is 3.30. The van der Waals surface area contributed by atoms with Gasteiger partial charge in [0.05, 0.1) is 13.2 Å². The van der Waals surface area contributed by atoms with E-state index in [0.29, 0.717) is 12.6 Å². The summed E-state index contributed by atoms with van der Waals surface area (Å²) in [5.41, 5.74) is 3.74. The molecule has 23 heavy (non-hydrogen) atoms. The Morgan fingerprint density at radius 3 is 2.70 bits per heavy atom. The quantitative estimate of drug-likeness (QED) is 0.882. The normalized spacial score (nSPS) is 17.7. The molecule has 0 bridgehead atoms. The Morgan fingerprint density at radius 1 is 1.17 bits per heavy atom. The number of hydrogen-bond acceptors (Lipinski definition) is 3. The molecule has 2 atom stereocenters. The average Bonchev–Trinajstić information content (AvgIpc) is 2.59. The van der Waals surface area contributed by atoms with E-state index in [1.165, 1.54) is 11.1 Å². The number of methoxy groups -OCH3 is 1. The van der Waals surface area contributed by atoms with Crippen molar-refractivity contribution in [2.75, 3.05) is 13.7 Å². The van der Waals surface area contributed by atoms with E-state index in [0.717, 1.165) is 30.6 Å². The Morgan fingerprint density at radius 2 is 1.96 bits per heavy atom. The van der Waals surface area contributed by atoms with E-state index in [-0.39, 0.29) is 12.4 Å². The Hall–Kier alpha value is -1.55. The lowest BCUT2D eigenvalue weighted by Gasteiger charge is -2.27. The second-order valence-electron chi connectivity index (χ2n) is 5.91. The third-order valence-electron chi connectivity index (χ3n) is 4.43. The molecule has 1 aliphatic rings. The van der Waals surface area contributed by atoms with Crippen LogP contribution in [0.2, 0.25) is 0 Å². The number of benzene rings is 2. The van der Waals surface area contributed by atoms with Crippen LogP contribution in [0, 0.1) is 0 Å². The third kappa shape index (κ3) is 4.47. The molecule has 0 saturated heterocycles. The first-order chi connectivity index (χ1) is 10.8. The summed E-state index contributed by atoms with van der Waals surface area (Å²) >= 11 is 0. The molecule has 0 radical (unpaired) electrons. The van der Waals surface area contributed by atoms with Crippen LogP contribution in [-0.4, -0.2) is 24.8 Å². The number of nitrogens with one attached hydrogen (secondary N) is 1. The maximum absolute atomic E-state index is 10.2. The highest BCUT2D eigenvalue weighted by Gasteiger charge is 2.19. The molecule has 4 heteroatoms. The van der Waals surface area contributed by atoms with Crippen LogP contribution >= 0.6 is 12.4 Å². The number of halogens is 1. The van der Waals surface area contributed by atoms with Gasteiger partial charge in [-0.05, 0) is 48.1 Å². The van der Waals surface area contributed by atoms with Crippen LogP contribution in [0.4, 0.5) is 0 Å². The highest BCUT2D eigenvalue weighted by atomic mass is 35.5. The molecular formula is C19H24ClNO2. The van der Waals surface area contributed by atoms with E-state index in [9.17, 15) is 5.11 Å². The fourth-order valence-electron chi connectivity index (χ4n) is 3.11. The zero-order chi connectivity index (χ0) is 15.4. The Balaban J connectivity index is 0.00000192. The Bertz CT molecular complexity index is 618. The number of aryl methyl sites for hydroxylation is 1. The molecule has 124 valence electrons. The first-order valence-electron chi connectivity index (χ1n) is 7.88. The summed E-state index contributed by atoms with van der Waals surface area (Å²) in [6, 6.07) is 16.6. The van der Waals surface area contributed by atoms with Crippen LogP contribution in [-0.2, 0) is 12.8 Å². The van der Waals surface area contributed by atoms with Crippen molar-refractivity contribution in [3.63, 3.8) is 0 Å². The summed E-state index contributed by atoms with van der Waals surface area (Å²) < 4.78 is 5.31. The van der Waals surface area contributed by atoms with Crippen molar-refractivity contribution in [3.8, 4) is 5.75 Å². The van der Waals surface area contributed by atoms with E-state index in [4.69, 9.17) is 4.74 Å². The van der Waals surface area contributed by atoms with Crippen LogP contribution < -0.4 is 10.1 Å². The molecule has 0 spiro atoms. The minimum absolute atomic E-state index is 0. The largest absolute Gasteiger partial charge is 0.497 e. The molecule has 2 aromatic carbocycles. The summed E-state index contributed by atoms with van der Waals surface area (Å²) in [5, 5.41) is 13.8. The van der Waals surface area contributed by atoms with Crippen molar-refractivity contribution < 1.29 is 9.84 Å². The molecule has 0 aromatic heterocycles. The molecule has 0 aliphatic heterocycles. The van der Waals surface area contributed by atoms with Gasteiger partial charge in [-0.25, -0.2) is 0 Å². The molecule has 1 aliphatic carbocycles. The summed E-state index contributed by atoms with van der Waals surface area (Å²) in [6.07, 6.45) is 2.74. The van der Waals surface area contributed by atoms with Gasteiger partial charge in [0.15, 0.2) is 0 Å². The molecule has 0 saturated carbocycles. The van der Waals surface area contributed by atoms with E-state index >= 15 is 0 Å². The maximum atomic E-state index is 10.2. The topological polar surface area (TPSA) is 41.5 Å². The number of ether oxygens (including phenoxy) is 1. The van der Waals surface area contributed by atoms with Crippen molar-refractivity contribution >= 4 is 12.4 Å². The highest BCUT2D eigenvalue weighted by molar-refractivity contribution is 5.85. The Labute approximate surface area is 144 Å². The first-order valence-corrected chi connectivity index (χ1v) is 7.88. The minimum Gasteiger partial charge on any atom is -0.497 e. The van der Waals surface area contributed by atoms with Gasteiger partial charge in [-0.2, -0.15) is 0 Å². The summed E-state index contributed by atoms with van der Waals surface area (Å²) in [5.74, 6) is 0.920. The van der Waals surface area contributed by atoms with E-state index in [1.807, 2.05) is 36.4 Å². The maximum Gasteiger partial charge on any atom is 0.119 e. The Kier molecular flexibility index (Phi) is 6.46. The first kappa shape index (κ1) is 17.8. The number of rotatable bonds is 5. The minimum atomic E-state index is -0.451. The number of fused-ring (bicyclic) bond motifs is 1. The number of aliphatic hydroxyl groups excluding tert-OH is 1. The van der Waals surface area contributed by atoms with Gasteiger partial charge in [-0.1, -0.05) is 36.4 Å². The van der Waals surface area contributed by atoms with E-state index in [2.05, 4.69) is 17.4 Å². The van der Waals surface area contributed by atoms with E-state index in [1.54, 1.807) is 7.11 Å². The number of aliphatic hydroxyl groups is 1. The lowest BCUT2D eigenvalue weighted by atomic mass is 9.88. The summed E-state index contributed by atoms with van der Waals surface area (Å²) in [7, 11) is 1.70.